The highest BCUT2D eigenvalue weighted by Crippen LogP contribution is 2.37. The summed E-state index contributed by atoms with van der Waals surface area (Å²) < 4.78 is 11.2. The van der Waals surface area contributed by atoms with Crippen molar-refractivity contribution in [3.63, 3.8) is 0 Å². The maximum Gasteiger partial charge on any atom is 0.274 e. The van der Waals surface area contributed by atoms with E-state index < -0.39 is 0 Å². The molecule has 9 heteroatoms. The minimum absolute atomic E-state index is 0.150. The van der Waals surface area contributed by atoms with E-state index >= 15 is 0 Å². The predicted octanol–water partition coefficient (Wildman–Crippen LogP) is 1.73. The zero-order chi connectivity index (χ0) is 16.2. The van der Waals surface area contributed by atoms with Crippen LogP contribution in [0.25, 0.3) is 0 Å². The lowest BCUT2D eigenvalue weighted by molar-refractivity contribution is 0.297. The molecule has 0 aliphatic carbocycles. The Hall–Kier alpha value is -2.61. The third kappa shape index (κ3) is 3.59. The highest BCUT2D eigenvalue weighted by molar-refractivity contribution is 6.32. The van der Waals surface area contributed by atoms with Crippen molar-refractivity contribution in [1.82, 2.24) is 15.2 Å². The van der Waals surface area contributed by atoms with Gasteiger partial charge in [-0.2, -0.15) is 5.10 Å². The lowest BCUT2D eigenvalue weighted by atomic mass is 10.2. The fourth-order valence-corrected chi connectivity index (χ4v) is 2.21. The molecule has 0 radical (unpaired) electrons. The Labute approximate surface area is 136 Å². The van der Waals surface area contributed by atoms with Gasteiger partial charge in [-0.1, -0.05) is 11.6 Å². The molecule has 23 heavy (non-hydrogen) atoms. The van der Waals surface area contributed by atoms with Crippen molar-refractivity contribution >= 4 is 23.8 Å². The van der Waals surface area contributed by atoms with Crippen molar-refractivity contribution in [1.29, 1.82) is 0 Å². The SMILES string of the molecule is Cc1nnc(N/N=C\c2cc(Cl)c3c(c2)OCCCO3)[nH]c1=O. The molecule has 0 amide bonds. The van der Waals surface area contributed by atoms with Gasteiger partial charge < -0.3 is 9.47 Å². The van der Waals surface area contributed by atoms with Crippen molar-refractivity contribution in [2.24, 2.45) is 5.10 Å². The van der Waals surface area contributed by atoms with E-state index in [-0.39, 0.29) is 17.2 Å². The molecular weight excluding hydrogens is 322 g/mol. The van der Waals surface area contributed by atoms with Crippen LogP contribution in [0.2, 0.25) is 5.02 Å². The summed E-state index contributed by atoms with van der Waals surface area (Å²) in [5, 5.41) is 11.9. The van der Waals surface area contributed by atoms with Gasteiger partial charge in [0.05, 0.1) is 24.5 Å². The van der Waals surface area contributed by atoms with E-state index in [4.69, 9.17) is 21.1 Å². The van der Waals surface area contributed by atoms with Crippen LogP contribution in [0.5, 0.6) is 11.5 Å². The second-order valence-electron chi connectivity index (χ2n) is 4.84. The number of benzene rings is 1. The number of H-pyrrole nitrogens is 1. The molecule has 0 atom stereocenters. The molecule has 0 saturated heterocycles. The lowest BCUT2D eigenvalue weighted by Gasteiger charge is -2.09. The van der Waals surface area contributed by atoms with Crippen molar-refractivity contribution in [3.05, 3.63) is 38.8 Å². The smallest absolute Gasteiger partial charge is 0.274 e. The fraction of sp³-hybridized carbons (Fsp3) is 0.286. The summed E-state index contributed by atoms with van der Waals surface area (Å²) >= 11 is 6.20. The Bertz CT molecular complexity index is 805. The van der Waals surface area contributed by atoms with E-state index in [2.05, 4.69) is 25.7 Å². The number of ether oxygens (including phenoxy) is 2. The maximum atomic E-state index is 11.4. The van der Waals surface area contributed by atoms with Crippen molar-refractivity contribution in [2.45, 2.75) is 13.3 Å². The molecule has 0 bridgehead atoms. The first-order chi connectivity index (χ1) is 11.1. The molecule has 2 heterocycles. The maximum absolute atomic E-state index is 11.4. The zero-order valence-electron chi connectivity index (χ0n) is 12.3. The number of nitrogens with zero attached hydrogens (tertiary/aromatic N) is 3. The molecule has 0 saturated carbocycles. The Kier molecular flexibility index (Phi) is 4.42. The Balaban J connectivity index is 1.77. The van der Waals surface area contributed by atoms with Gasteiger partial charge in [-0.25, -0.2) is 5.43 Å². The van der Waals surface area contributed by atoms with Gasteiger partial charge in [-0.05, 0) is 24.6 Å². The van der Waals surface area contributed by atoms with E-state index in [1.54, 1.807) is 19.1 Å². The molecule has 8 nitrogen and oxygen atoms in total. The number of hydrazone groups is 1. The summed E-state index contributed by atoms with van der Waals surface area (Å²) in [7, 11) is 0. The zero-order valence-corrected chi connectivity index (χ0v) is 13.1. The summed E-state index contributed by atoms with van der Waals surface area (Å²) in [6.45, 7) is 2.71. The van der Waals surface area contributed by atoms with Crippen LogP contribution in [0.15, 0.2) is 22.0 Å². The van der Waals surface area contributed by atoms with Gasteiger partial charge in [0.2, 0.25) is 5.95 Å². The van der Waals surface area contributed by atoms with Crippen LogP contribution < -0.4 is 20.5 Å². The molecule has 1 aromatic heterocycles. The molecule has 2 N–H and O–H groups in total. The van der Waals surface area contributed by atoms with E-state index in [0.29, 0.717) is 35.3 Å². The number of anilines is 1. The number of nitrogens with one attached hydrogen (secondary N) is 2. The molecule has 1 aromatic carbocycles. The Morgan fingerprint density at radius 3 is 3.00 bits per heavy atom. The number of aromatic amines is 1. The lowest BCUT2D eigenvalue weighted by Crippen LogP contribution is -2.15. The number of fused-ring (bicyclic) bond motifs is 1. The molecular formula is C14H14ClN5O3. The first-order valence-corrected chi connectivity index (χ1v) is 7.33. The second-order valence-corrected chi connectivity index (χ2v) is 5.25. The molecule has 120 valence electrons. The highest BCUT2D eigenvalue weighted by Gasteiger charge is 2.15. The fourth-order valence-electron chi connectivity index (χ4n) is 1.94. The molecule has 1 aliphatic heterocycles. The summed E-state index contributed by atoms with van der Waals surface area (Å²) in [5.74, 6) is 1.28. The van der Waals surface area contributed by atoms with Crippen LogP contribution in [0, 0.1) is 6.92 Å². The monoisotopic (exact) mass is 335 g/mol. The molecule has 1 aliphatic rings. The highest BCUT2D eigenvalue weighted by atomic mass is 35.5. The van der Waals surface area contributed by atoms with E-state index in [9.17, 15) is 4.79 Å². The largest absolute Gasteiger partial charge is 0.489 e. The summed E-state index contributed by atoms with van der Waals surface area (Å²) in [5.41, 5.74) is 3.28. The molecule has 0 fully saturated rings. The van der Waals surface area contributed by atoms with Crippen LogP contribution in [0.4, 0.5) is 5.95 Å². The number of rotatable bonds is 3. The van der Waals surface area contributed by atoms with Crippen LogP contribution in [-0.4, -0.2) is 34.6 Å². The van der Waals surface area contributed by atoms with E-state index in [1.165, 1.54) is 6.21 Å². The molecule has 0 unspecified atom stereocenters. The van der Waals surface area contributed by atoms with Crippen molar-refractivity contribution < 1.29 is 9.47 Å². The predicted molar refractivity (Wildman–Crippen MR) is 85.7 cm³/mol. The second kappa shape index (κ2) is 6.66. The number of hydrogen-bond acceptors (Lipinski definition) is 7. The Morgan fingerprint density at radius 2 is 2.17 bits per heavy atom. The van der Waals surface area contributed by atoms with E-state index in [0.717, 1.165) is 6.42 Å². The van der Waals surface area contributed by atoms with Gasteiger partial charge in [-0.3, -0.25) is 9.78 Å². The quantitative estimate of drug-likeness (QED) is 0.654. The van der Waals surface area contributed by atoms with Crippen molar-refractivity contribution in [3.8, 4) is 11.5 Å². The van der Waals surface area contributed by atoms with Gasteiger partial charge >= 0.3 is 0 Å². The van der Waals surface area contributed by atoms with E-state index in [1.807, 2.05) is 0 Å². The van der Waals surface area contributed by atoms with Crippen molar-refractivity contribution in [2.75, 3.05) is 18.6 Å². The topological polar surface area (TPSA) is 101 Å². The minimum Gasteiger partial charge on any atom is -0.489 e. The molecule has 3 rings (SSSR count). The number of aromatic nitrogens is 3. The third-order valence-electron chi connectivity index (χ3n) is 3.07. The number of halogens is 1. The van der Waals surface area contributed by atoms with Crippen LogP contribution in [0.1, 0.15) is 17.7 Å². The number of hydrogen-bond donors (Lipinski definition) is 2. The summed E-state index contributed by atoms with van der Waals surface area (Å²) in [6, 6.07) is 3.49. The molecule has 2 aromatic rings. The first-order valence-electron chi connectivity index (χ1n) is 6.95. The third-order valence-corrected chi connectivity index (χ3v) is 3.35. The molecule has 0 spiro atoms. The van der Waals surface area contributed by atoms with Crippen LogP contribution >= 0.6 is 11.6 Å². The normalized spacial score (nSPS) is 13.8. The minimum atomic E-state index is -0.323. The van der Waals surface area contributed by atoms with Crippen LogP contribution in [-0.2, 0) is 0 Å². The van der Waals surface area contributed by atoms with Gasteiger partial charge in [0.25, 0.3) is 5.56 Å². The van der Waals surface area contributed by atoms with Gasteiger partial charge in [-0.15, -0.1) is 10.2 Å². The average molecular weight is 336 g/mol. The van der Waals surface area contributed by atoms with Gasteiger partial charge in [0.1, 0.15) is 5.69 Å². The van der Waals surface area contributed by atoms with Gasteiger partial charge in [0, 0.05) is 6.42 Å². The first kappa shape index (κ1) is 15.3. The van der Waals surface area contributed by atoms with Crippen LogP contribution in [0.3, 0.4) is 0 Å². The van der Waals surface area contributed by atoms with Gasteiger partial charge in [0.15, 0.2) is 11.5 Å². The number of aryl methyl sites for hydroxylation is 1. The summed E-state index contributed by atoms with van der Waals surface area (Å²) in [6.07, 6.45) is 2.33. The standard InChI is InChI=1S/C14H14ClN5O3/c1-8-13(21)17-14(20-18-8)19-16-7-9-5-10(15)12-11(6-9)22-3-2-4-23-12/h5-7H,2-4H2,1H3,(H2,17,19,20,21)/b16-7-. The Morgan fingerprint density at radius 1 is 1.35 bits per heavy atom. The summed E-state index contributed by atoms with van der Waals surface area (Å²) in [4.78, 5) is 13.9. The average Bonchev–Trinajstić information content (AvgIpc) is 2.77.